The van der Waals surface area contributed by atoms with Crippen molar-refractivity contribution in [1.29, 1.82) is 0 Å². The minimum absolute atomic E-state index is 0.0833. The molecule has 0 aliphatic rings. The van der Waals surface area contributed by atoms with Gasteiger partial charge in [0.1, 0.15) is 63.2 Å². The van der Waals surface area contributed by atoms with Crippen LogP contribution in [0.1, 0.15) is 289 Å². The van der Waals surface area contributed by atoms with E-state index in [0.717, 1.165) is 189 Å². The summed E-state index contributed by atoms with van der Waals surface area (Å²) in [5, 5.41) is 114. The van der Waals surface area contributed by atoms with E-state index in [-0.39, 0.29) is 46.0 Å². The van der Waals surface area contributed by atoms with Crippen LogP contribution in [0.4, 0.5) is 0 Å². The molecule has 0 fully saturated rings. The monoisotopic (exact) mass is 1720 g/mol. The Morgan fingerprint density at radius 1 is 0.211 bits per heavy atom. The van der Waals surface area contributed by atoms with Crippen LogP contribution in [-0.4, -0.2) is 62.0 Å². The van der Waals surface area contributed by atoms with Gasteiger partial charge in [-0.1, -0.05) is 204 Å². The molecule has 0 aromatic heterocycles. The molecule has 672 valence electrons. The number of benzene rings is 13. The Morgan fingerprint density at radius 2 is 0.367 bits per heavy atom. The number of aromatic hydroxyl groups is 11. The Morgan fingerprint density at radius 3 is 0.539 bits per heavy atom. The molecule has 13 aromatic rings. The second-order valence-corrected chi connectivity index (χ2v) is 38.1. The van der Waals surface area contributed by atoms with Gasteiger partial charge in [0.05, 0.1) is 0 Å². The fourth-order valence-corrected chi connectivity index (χ4v) is 17.9. The fraction of sp³-hybridized carbons (Fsp3) is 0.319. The molecular weight excluding hydrogens is 1590 g/mol. The van der Waals surface area contributed by atoms with Crippen molar-refractivity contribution < 1.29 is 61.0 Å². The fourth-order valence-electron chi connectivity index (χ4n) is 17.9. The first-order valence-corrected chi connectivity index (χ1v) is 44.1. The van der Waals surface area contributed by atoms with Crippen molar-refractivity contribution in [3.8, 4) is 63.2 Å². The van der Waals surface area contributed by atoms with Gasteiger partial charge in [-0.25, -0.2) is 0 Å². The lowest BCUT2D eigenvalue weighted by Gasteiger charge is -2.37. The Kier molecular flexibility index (Phi) is 30.4. The van der Waals surface area contributed by atoms with Crippen LogP contribution in [0.25, 0.3) is 0 Å². The highest BCUT2D eigenvalue weighted by molar-refractivity contribution is 5.95. The predicted molar refractivity (Wildman–Crippen MR) is 527 cm³/mol. The maximum Gasteiger partial charge on any atom is 0.159 e. The molecule has 0 saturated carbocycles. The van der Waals surface area contributed by atoms with Gasteiger partial charge in [-0.3, -0.25) is 4.79 Å². The van der Waals surface area contributed by atoms with Crippen LogP contribution in [0, 0.1) is 159 Å². The molecular formula is C116H136O12. The van der Waals surface area contributed by atoms with Crippen molar-refractivity contribution in [2.75, 3.05) is 0 Å². The number of ketones is 1. The number of hydrogen-bond acceptors (Lipinski definition) is 12. The standard InChI is InChI=1S/C44H48O5.C40H42O4.C12H18O.C11H16O.C9H12O/c1-23-12-33(13-24(2)39(23)46)43(10,34-14-25(3)40(47)26(4)15-34)37-20-32(31(9)45)21-38(22-37)44(11,35-16-27(5)41(48)28(6)17-35)36-18-29(7)42(49)30(8)19-36;1-21-13-31(14-22(2)37(21)41)35(32-15-23(3)38(42)24(4)16-32)29-9-11-30(12-10-29)36(33-17-25(5)39(43)26(6)18-33)34-19-27(7)40(44)28(8)20-34;1-8-6-10(12(3,4)5)7-9(2)11(8)13;1-7(2)10-5-8(3)11(12)9(4)6-10;1-6-4-7(2)9(10)8(3)5-6/h12-22,46-49H,1-11H3;9-20,35-36,41-44H,1-8H3;6-7,13H,1-5H3;5-7,12H,1-4H3;4-5,10H,1-3H3. The van der Waals surface area contributed by atoms with Crippen molar-refractivity contribution in [2.24, 2.45) is 0 Å². The van der Waals surface area contributed by atoms with Gasteiger partial charge in [0.15, 0.2) is 5.78 Å². The maximum absolute atomic E-state index is 13.4. The van der Waals surface area contributed by atoms with E-state index in [1.165, 1.54) is 16.7 Å². The largest absolute Gasteiger partial charge is 0.507 e. The van der Waals surface area contributed by atoms with Crippen LogP contribution < -0.4 is 0 Å². The highest BCUT2D eigenvalue weighted by atomic mass is 16.3. The van der Waals surface area contributed by atoms with Crippen LogP contribution in [0.15, 0.2) is 176 Å². The zero-order valence-electron chi connectivity index (χ0n) is 81.3. The molecule has 0 spiro atoms. The summed E-state index contributed by atoms with van der Waals surface area (Å²) >= 11 is 0. The Hall–Kier alpha value is -12.7. The van der Waals surface area contributed by atoms with Gasteiger partial charge in [0.25, 0.3) is 0 Å². The molecule has 0 amide bonds. The minimum atomic E-state index is -0.824. The van der Waals surface area contributed by atoms with Crippen molar-refractivity contribution in [2.45, 2.75) is 249 Å². The summed E-state index contributed by atoms with van der Waals surface area (Å²) in [6.45, 7) is 60.8. The summed E-state index contributed by atoms with van der Waals surface area (Å²) in [5.74, 6) is 3.69. The lowest BCUT2D eigenvalue weighted by atomic mass is 9.65. The van der Waals surface area contributed by atoms with Crippen LogP contribution in [-0.2, 0) is 16.2 Å². The first-order valence-electron chi connectivity index (χ1n) is 44.1. The van der Waals surface area contributed by atoms with Crippen LogP contribution >= 0.6 is 0 Å². The van der Waals surface area contributed by atoms with Crippen LogP contribution in [0.3, 0.4) is 0 Å². The summed E-state index contributed by atoms with van der Waals surface area (Å²) in [6, 6.07) is 59.3. The van der Waals surface area contributed by atoms with E-state index in [2.05, 4.69) is 90.9 Å². The van der Waals surface area contributed by atoms with Crippen LogP contribution in [0.2, 0.25) is 0 Å². The third-order valence-electron chi connectivity index (χ3n) is 25.9. The van der Waals surface area contributed by atoms with Crippen molar-refractivity contribution >= 4 is 5.78 Å². The van der Waals surface area contributed by atoms with E-state index in [0.29, 0.717) is 51.7 Å². The van der Waals surface area contributed by atoms with Crippen molar-refractivity contribution in [3.63, 3.8) is 0 Å². The molecule has 128 heavy (non-hydrogen) atoms. The zero-order valence-corrected chi connectivity index (χ0v) is 81.3. The van der Waals surface area contributed by atoms with E-state index in [9.17, 15) is 61.0 Å². The number of rotatable bonds is 14. The van der Waals surface area contributed by atoms with Gasteiger partial charge < -0.3 is 56.2 Å². The molecule has 0 radical (unpaired) electrons. The number of phenols is 11. The molecule has 0 saturated heterocycles. The second-order valence-electron chi connectivity index (χ2n) is 38.1. The molecule has 12 nitrogen and oxygen atoms in total. The summed E-state index contributed by atoms with van der Waals surface area (Å²) in [7, 11) is 0. The average Bonchev–Trinajstić information content (AvgIpc) is 0.724. The van der Waals surface area contributed by atoms with E-state index in [1.54, 1.807) is 6.92 Å². The molecule has 0 unspecified atom stereocenters. The van der Waals surface area contributed by atoms with Gasteiger partial charge >= 0.3 is 0 Å². The third-order valence-corrected chi connectivity index (χ3v) is 25.9. The summed E-state index contributed by atoms with van der Waals surface area (Å²) in [4.78, 5) is 13.4. The molecule has 0 atom stereocenters. The number of Topliss-reactive ketones (excluding diaryl/α,β-unsaturated/α-hetero) is 1. The second kappa shape index (κ2) is 39.3. The maximum atomic E-state index is 13.4. The topological polar surface area (TPSA) is 240 Å². The van der Waals surface area contributed by atoms with Gasteiger partial charge in [-0.05, 0) is 404 Å². The summed E-state index contributed by atoms with van der Waals surface area (Å²) in [5.41, 5.74) is 33.1. The van der Waals surface area contributed by atoms with Gasteiger partial charge in [0, 0.05) is 28.2 Å². The normalized spacial score (nSPS) is 11.5. The highest BCUT2D eigenvalue weighted by Crippen LogP contribution is 2.50. The smallest absolute Gasteiger partial charge is 0.159 e. The molecule has 13 aromatic carbocycles. The summed E-state index contributed by atoms with van der Waals surface area (Å²) in [6.07, 6.45) is 0. The van der Waals surface area contributed by atoms with Gasteiger partial charge in [-0.2, -0.15) is 0 Å². The van der Waals surface area contributed by atoms with Crippen molar-refractivity contribution in [1.82, 2.24) is 0 Å². The van der Waals surface area contributed by atoms with E-state index in [1.807, 2.05) is 293 Å². The Bertz CT molecular complexity index is 5610. The lowest BCUT2D eigenvalue weighted by Crippen LogP contribution is -2.30. The molecule has 0 aliphatic carbocycles. The van der Waals surface area contributed by atoms with E-state index >= 15 is 0 Å². The Balaban J connectivity index is 0.000000210. The van der Waals surface area contributed by atoms with Crippen LogP contribution in [0.5, 0.6) is 63.2 Å². The molecule has 0 aliphatic heterocycles. The predicted octanol–water partition coefficient (Wildman–Crippen LogP) is 28.0. The minimum Gasteiger partial charge on any atom is -0.507 e. The molecule has 11 N–H and O–H groups in total. The number of hydrogen-bond donors (Lipinski definition) is 11. The summed E-state index contributed by atoms with van der Waals surface area (Å²) < 4.78 is 0. The number of carbonyl (C=O) groups is 1. The molecule has 13 rings (SSSR count). The first kappa shape index (κ1) is 99.1. The van der Waals surface area contributed by atoms with E-state index < -0.39 is 10.8 Å². The first-order chi connectivity index (χ1) is 59.5. The lowest BCUT2D eigenvalue weighted by molar-refractivity contribution is 0.101. The van der Waals surface area contributed by atoms with Crippen molar-refractivity contribution in [3.05, 3.63) is 387 Å². The SMILES string of the molecule is CC(=O)c1cc(C(C)(c2cc(C)c(O)c(C)c2)c2cc(C)c(O)c(C)c2)cc(C(C)(c2cc(C)c(O)c(C)c2)c2cc(C)c(O)c(C)c2)c1.Cc1cc(C(C)(C)C)cc(C)c1O.Cc1cc(C(C)C)cc(C)c1O.Cc1cc(C(c2ccc(C(c3cc(C)c(O)c(C)c3)c3cc(C)c(O)c(C)c3)cc2)c2cc(C)c(O)c(C)c2)cc(C)c1O.Cc1cc(C)c(O)c(C)c1. The highest BCUT2D eigenvalue weighted by Gasteiger charge is 2.39. The van der Waals surface area contributed by atoms with Gasteiger partial charge in [-0.15, -0.1) is 0 Å². The Labute approximate surface area is 761 Å². The third kappa shape index (κ3) is 21.3. The van der Waals surface area contributed by atoms with Gasteiger partial charge in [0.2, 0.25) is 0 Å². The molecule has 12 heteroatoms. The van der Waals surface area contributed by atoms with E-state index in [4.69, 9.17) is 0 Å². The number of aryl methyl sites for hydroxylation is 23. The molecule has 0 bridgehead atoms. The number of carbonyl (C=O) groups excluding carboxylic acids is 1. The number of phenolic OH excluding ortho intramolecular Hbond substituents is 11. The average molecular weight is 1720 g/mol. The molecule has 0 heterocycles. The quantitative estimate of drug-likeness (QED) is 0.0360. The zero-order chi connectivity index (χ0) is 95.6.